The average molecular weight is 262 g/mol. The normalized spacial score (nSPS) is 15.9. The molecule has 1 aliphatic rings. The molecule has 1 aromatic rings. The molecule has 0 unspecified atom stereocenters. The number of primary amides is 1. The zero-order chi connectivity index (χ0) is 13.8. The third-order valence-electron chi connectivity index (χ3n) is 3.45. The smallest absolute Gasteiger partial charge is 0.269 e. The Morgan fingerprint density at radius 3 is 2.95 bits per heavy atom. The molecule has 0 saturated heterocycles. The number of carbonyl (C=O) groups is 1. The number of hydrogen-bond donors (Lipinski definition) is 1. The molecular formula is C14H22N4O. The Labute approximate surface area is 114 Å². The van der Waals surface area contributed by atoms with E-state index in [9.17, 15) is 4.79 Å². The molecule has 0 aliphatic carbocycles. The fourth-order valence-electron chi connectivity index (χ4n) is 2.36. The van der Waals surface area contributed by atoms with E-state index in [1.807, 2.05) is 13.1 Å². The lowest BCUT2D eigenvalue weighted by molar-refractivity contribution is 0.0993. The molecule has 1 aliphatic heterocycles. The minimum absolute atomic E-state index is 0.418. The monoisotopic (exact) mass is 262 g/mol. The Kier molecular flexibility index (Phi) is 4.37. The first kappa shape index (κ1) is 13.8. The third-order valence-corrected chi connectivity index (χ3v) is 3.45. The van der Waals surface area contributed by atoms with Crippen molar-refractivity contribution in [1.29, 1.82) is 0 Å². The first-order valence-corrected chi connectivity index (χ1v) is 6.87. The Hall–Kier alpha value is -1.62. The number of nitrogens with two attached hydrogens (primary N) is 1. The van der Waals surface area contributed by atoms with Gasteiger partial charge in [-0.2, -0.15) is 0 Å². The number of carbonyl (C=O) groups excluding carboxylic acids is 1. The molecule has 0 fully saturated rings. The van der Waals surface area contributed by atoms with Crippen LogP contribution in [-0.2, 0) is 13.1 Å². The van der Waals surface area contributed by atoms with Crippen molar-refractivity contribution in [2.45, 2.75) is 39.3 Å². The summed E-state index contributed by atoms with van der Waals surface area (Å²) in [5, 5.41) is 0. The van der Waals surface area contributed by atoms with Gasteiger partial charge in [-0.1, -0.05) is 25.8 Å². The van der Waals surface area contributed by atoms with Gasteiger partial charge in [0.1, 0.15) is 5.82 Å². The van der Waals surface area contributed by atoms with Crippen molar-refractivity contribution in [2.24, 2.45) is 5.73 Å². The van der Waals surface area contributed by atoms with Crippen LogP contribution >= 0.6 is 0 Å². The molecule has 104 valence electrons. The number of nitrogens with zero attached hydrogens (tertiary/aromatic N) is 3. The predicted molar refractivity (Wildman–Crippen MR) is 75.6 cm³/mol. The SMILES string of the molecule is CCCC/C=C/c1nc(C(N)=O)c2n1CCN(C)C2. The van der Waals surface area contributed by atoms with Crippen LogP contribution in [0.15, 0.2) is 6.08 Å². The van der Waals surface area contributed by atoms with E-state index in [1.165, 1.54) is 12.8 Å². The second-order valence-electron chi connectivity index (χ2n) is 5.06. The van der Waals surface area contributed by atoms with E-state index in [4.69, 9.17) is 5.73 Å². The van der Waals surface area contributed by atoms with Gasteiger partial charge in [0.05, 0.1) is 5.69 Å². The van der Waals surface area contributed by atoms with Gasteiger partial charge in [0.2, 0.25) is 0 Å². The quantitative estimate of drug-likeness (QED) is 0.820. The molecule has 2 rings (SSSR count). The van der Waals surface area contributed by atoms with Crippen molar-refractivity contribution in [3.8, 4) is 0 Å². The topological polar surface area (TPSA) is 64.1 Å². The van der Waals surface area contributed by atoms with Gasteiger partial charge < -0.3 is 10.3 Å². The summed E-state index contributed by atoms with van der Waals surface area (Å²) in [6.07, 6.45) is 7.54. The molecular weight excluding hydrogens is 240 g/mol. The minimum atomic E-state index is -0.438. The van der Waals surface area contributed by atoms with Crippen LogP contribution in [-0.4, -0.2) is 34.0 Å². The highest BCUT2D eigenvalue weighted by atomic mass is 16.1. The summed E-state index contributed by atoms with van der Waals surface area (Å²) in [4.78, 5) is 18.0. The second kappa shape index (κ2) is 6.02. The van der Waals surface area contributed by atoms with Crippen LogP contribution < -0.4 is 5.73 Å². The molecule has 2 N–H and O–H groups in total. The molecule has 0 bridgehead atoms. The van der Waals surface area contributed by atoms with Gasteiger partial charge in [0, 0.05) is 19.6 Å². The molecule has 5 nitrogen and oxygen atoms in total. The number of imidazole rings is 1. The van der Waals surface area contributed by atoms with Gasteiger partial charge in [-0.3, -0.25) is 9.69 Å². The zero-order valence-corrected chi connectivity index (χ0v) is 11.7. The lowest BCUT2D eigenvalue weighted by atomic mass is 10.2. The fraction of sp³-hybridized carbons (Fsp3) is 0.571. The lowest BCUT2D eigenvalue weighted by Gasteiger charge is -2.25. The minimum Gasteiger partial charge on any atom is -0.364 e. The number of fused-ring (bicyclic) bond motifs is 1. The van der Waals surface area contributed by atoms with Crippen molar-refractivity contribution in [2.75, 3.05) is 13.6 Å². The van der Waals surface area contributed by atoms with Gasteiger partial charge in [0.25, 0.3) is 5.91 Å². The summed E-state index contributed by atoms with van der Waals surface area (Å²) in [6.45, 7) is 4.73. The molecule has 1 amide bonds. The van der Waals surface area contributed by atoms with Crippen LogP contribution in [0.1, 0.15) is 48.2 Å². The molecule has 0 atom stereocenters. The first-order valence-electron chi connectivity index (χ1n) is 6.87. The Bertz CT molecular complexity index is 490. The molecule has 2 heterocycles. The highest BCUT2D eigenvalue weighted by Crippen LogP contribution is 2.19. The van der Waals surface area contributed by atoms with E-state index >= 15 is 0 Å². The van der Waals surface area contributed by atoms with Crippen molar-refractivity contribution < 1.29 is 4.79 Å². The number of hydrogen-bond acceptors (Lipinski definition) is 3. The third kappa shape index (κ3) is 3.04. The summed E-state index contributed by atoms with van der Waals surface area (Å²) in [7, 11) is 2.04. The maximum absolute atomic E-state index is 11.5. The van der Waals surface area contributed by atoms with Crippen LogP contribution in [0.25, 0.3) is 6.08 Å². The number of allylic oxidation sites excluding steroid dienone is 1. The van der Waals surface area contributed by atoms with Crippen LogP contribution in [0, 0.1) is 0 Å². The average Bonchev–Trinajstić information content (AvgIpc) is 2.73. The van der Waals surface area contributed by atoms with Crippen LogP contribution in [0.2, 0.25) is 0 Å². The van der Waals surface area contributed by atoms with Gasteiger partial charge in [-0.15, -0.1) is 0 Å². The summed E-state index contributed by atoms with van der Waals surface area (Å²) < 4.78 is 2.11. The molecule has 0 spiro atoms. The largest absolute Gasteiger partial charge is 0.364 e. The fourth-order valence-corrected chi connectivity index (χ4v) is 2.36. The van der Waals surface area contributed by atoms with E-state index in [-0.39, 0.29) is 0 Å². The Morgan fingerprint density at radius 1 is 1.47 bits per heavy atom. The first-order chi connectivity index (χ1) is 9.13. The molecule has 1 aromatic heterocycles. The van der Waals surface area contributed by atoms with Gasteiger partial charge >= 0.3 is 0 Å². The van der Waals surface area contributed by atoms with E-state index in [0.717, 1.165) is 37.6 Å². The summed E-state index contributed by atoms with van der Waals surface area (Å²) >= 11 is 0. The number of unbranched alkanes of at least 4 members (excludes halogenated alkanes) is 2. The summed E-state index contributed by atoms with van der Waals surface area (Å²) in [5.41, 5.74) is 6.77. The highest BCUT2D eigenvalue weighted by molar-refractivity contribution is 5.92. The van der Waals surface area contributed by atoms with Gasteiger partial charge in [-0.25, -0.2) is 4.98 Å². The molecule has 0 saturated carbocycles. The van der Waals surface area contributed by atoms with Crippen LogP contribution in [0.3, 0.4) is 0 Å². The molecule has 5 heteroatoms. The van der Waals surface area contributed by atoms with E-state index < -0.39 is 5.91 Å². The zero-order valence-electron chi connectivity index (χ0n) is 11.7. The van der Waals surface area contributed by atoms with Crippen molar-refractivity contribution in [1.82, 2.24) is 14.5 Å². The summed E-state index contributed by atoms with van der Waals surface area (Å²) in [6, 6.07) is 0. The van der Waals surface area contributed by atoms with Crippen molar-refractivity contribution in [3.05, 3.63) is 23.3 Å². The van der Waals surface area contributed by atoms with Crippen LogP contribution in [0.4, 0.5) is 0 Å². The van der Waals surface area contributed by atoms with Gasteiger partial charge in [0.15, 0.2) is 5.69 Å². The van der Waals surface area contributed by atoms with Gasteiger partial charge in [-0.05, 0) is 19.5 Å². The van der Waals surface area contributed by atoms with Crippen molar-refractivity contribution >= 4 is 12.0 Å². The van der Waals surface area contributed by atoms with E-state index in [1.54, 1.807) is 0 Å². The molecule has 0 aromatic carbocycles. The number of aromatic nitrogens is 2. The van der Waals surface area contributed by atoms with E-state index in [2.05, 4.69) is 27.5 Å². The molecule has 0 radical (unpaired) electrons. The second-order valence-corrected chi connectivity index (χ2v) is 5.06. The Balaban J connectivity index is 2.27. The molecule has 19 heavy (non-hydrogen) atoms. The standard InChI is InChI=1S/C14H22N4O/c1-3-4-5-6-7-12-16-13(14(15)19)11-10-17(2)8-9-18(11)12/h6-7H,3-5,8-10H2,1-2H3,(H2,15,19)/b7-6+. The Morgan fingerprint density at radius 2 is 2.26 bits per heavy atom. The summed E-state index contributed by atoms with van der Waals surface area (Å²) in [5.74, 6) is 0.417. The maximum atomic E-state index is 11.5. The lowest BCUT2D eigenvalue weighted by Crippen LogP contribution is -2.32. The van der Waals surface area contributed by atoms with Crippen molar-refractivity contribution in [3.63, 3.8) is 0 Å². The number of amides is 1. The van der Waals surface area contributed by atoms with Crippen LogP contribution in [0.5, 0.6) is 0 Å². The highest BCUT2D eigenvalue weighted by Gasteiger charge is 2.23. The predicted octanol–water partition coefficient (Wildman–Crippen LogP) is 1.63. The number of rotatable bonds is 5. The van der Waals surface area contributed by atoms with E-state index in [0.29, 0.717) is 5.69 Å². The number of likely N-dealkylation sites (N-methyl/N-ethyl adjacent to an activating group) is 1. The maximum Gasteiger partial charge on any atom is 0.269 e.